The van der Waals surface area contributed by atoms with Crippen LogP contribution in [-0.2, 0) is 25.7 Å². The average Bonchev–Trinajstić information content (AvgIpc) is 3.31. The molecule has 0 N–H and O–H groups in total. The lowest BCUT2D eigenvalue weighted by Gasteiger charge is -2.39. The van der Waals surface area contributed by atoms with Gasteiger partial charge in [0.2, 0.25) is 0 Å². The highest BCUT2D eigenvalue weighted by Crippen LogP contribution is 2.55. The summed E-state index contributed by atoms with van der Waals surface area (Å²) in [5.74, 6) is 0. The number of benzene rings is 2. The second-order valence-corrected chi connectivity index (χ2v) is 18.0. The smallest absolute Gasteiger partial charge is 0.0679 e. The SMILES string of the molecule is CC1=Cc2c(cc(Br)c3c2CCCC3)C1[Si](C)(C)C1C(C)=Cc2c1cc(Br)c1c2CCCC1. The number of hydrogen-bond acceptors (Lipinski definition) is 0. The van der Waals surface area contributed by atoms with E-state index in [4.69, 9.17) is 0 Å². The minimum absolute atomic E-state index is 0.588. The molecular formula is C30H34Br2Si. The first-order valence-corrected chi connectivity index (χ1v) is 17.6. The third-order valence-electron chi connectivity index (χ3n) is 9.11. The van der Waals surface area contributed by atoms with Gasteiger partial charge in [0, 0.05) is 20.0 Å². The van der Waals surface area contributed by atoms with Crippen molar-refractivity contribution in [1.29, 1.82) is 0 Å². The summed E-state index contributed by atoms with van der Waals surface area (Å²) < 4.78 is 2.73. The predicted octanol–water partition coefficient (Wildman–Crippen LogP) is 9.46. The van der Waals surface area contributed by atoms with Crippen molar-refractivity contribution >= 4 is 52.1 Å². The van der Waals surface area contributed by atoms with Crippen molar-refractivity contribution in [3.8, 4) is 0 Å². The van der Waals surface area contributed by atoms with E-state index >= 15 is 0 Å². The molecule has 0 aromatic heterocycles. The minimum atomic E-state index is -1.78. The largest absolute Gasteiger partial charge is 0.0722 e. The Kier molecular flexibility index (Phi) is 5.51. The van der Waals surface area contributed by atoms with Crippen molar-refractivity contribution in [2.45, 2.75) is 89.4 Å². The zero-order valence-electron chi connectivity index (χ0n) is 20.4. The summed E-state index contributed by atoms with van der Waals surface area (Å²) in [6.45, 7) is 10.2. The van der Waals surface area contributed by atoms with Gasteiger partial charge in [-0.2, -0.15) is 0 Å². The summed E-state index contributed by atoms with van der Waals surface area (Å²) in [4.78, 5) is 0. The lowest BCUT2D eigenvalue weighted by Crippen LogP contribution is -2.42. The van der Waals surface area contributed by atoms with E-state index in [1.165, 1.54) is 60.3 Å². The van der Waals surface area contributed by atoms with E-state index in [9.17, 15) is 0 Å². The van der Waals surface area contributed by atoms with Gasteiger partial charge in [0.25, 0.3) is 0 Å². The maximum Gasteiger partial charge on any atom is 0.0722 e. The zero-order valence-corrected chi connectivity index (χ0v) is 24.5. The van der Waals surface area contributed by atoms with E-state index in [0.717, 1.165) is 0 Å². The molecule has 4 aliphatic carbocycles. The van der Waals surface area contributed by atoms with Crippen LogP contribution in [0.15, 0.2) is 32.2 Å². The summed E-state index contributed by atoms with van der Waals surface area (Å²) in [6.07, 6.45) is 15.5. The van der Waals surface area contributed by atoms with E-state index in [0.29, 0.717) is 11.1 Å². The van der Waals surface area contributed by atoms with Crippen LogP contribution in [0, 0.1) is 0 Å². The third kappa shape index (κ3) is 3.32. The summed E-state index contributed by atoms with van der Waals surface area (Å²) in [5, 5.41) is 0. The van der Waals surface area contributed by atoms with Crippen LogP contribution < -0.4 is 0 Å². The van der Waals surface area contributed by atoms with Crippen LogP contribution in [0.2, 0.25) is 13.1 Å². The molecule has 0 heterocycles. The van der Waals surface area contributed by atoms with Crippen molar-refractivity contribution in [1.82, 2.24) is 0 Å². The Morgan fingerprint density at radius 1 is 0.636 bits per heavy atom. The first-order valence-electron chi connectivity index (χ1n) is 12.8. The normalized spacial score (nSPS) is 23.5. The predicted molar refractivity (Wildman–Crippen MR) is 152 cm³/mol. The van der Waals surface area contributed by atoms with Crippen LogP contribution in [0.25, 0.3) is 12.2 Å². The summed E-state index contributed by atoms with van der Waals surface area (Å²) in [7, 11) is -1.78. The average molecular weight is 582 g/mol. The quantitative estimate of drug-likeness (QED) is 0.310. The molecule has 4 aliphatic rings. The molecule has 0 saturated heterocycles. The highest BCUT2D eigenvalue weighted by molar-refractivity contribution is 9.10. The molecule has 0 nitrogen and oxygen atoms in total. The molecule has 2 aromatic rings. The van der Waals surface area contributed by atoms with Crippen LogP contribution in [0.3, 0.4) is 0 Å². The summed E-state index contributed by atoms with van der Waals surface area (Å²) in [6, 6.07) is 5.03. The van der Waals surface area contributed by atoms with Gasteiger partial charge in [0.15, 0.2) is 0 Å². The number of halogens is 2. The first kappa shape index (κ1) is 22.6. The van der Waals surface area contributed by atoms with E-state index in [2.05, 4.69) is 83.1 Å². The molecule has 172 valence electrons. The maximum absolute atomic E-state index is 4.00. The molecule has 2 unspecified atom stereocenters. The van der Waals surface area contributed by atoms with Crippen molar-refractivity contribution in [3.63, 3.8) is 0 Å². The van der Waals surface area contributed by atoms with Gasteiger partial charge in [-0.15, -0.1) is 0 Å². The van der Waals surface area contributed by atoms with Crippen molar-refractivity contribution < 1.29 is 0 Å². The summed E-state index contributed by atoms with van der Waals surface area (Å²) >= 11 is 7.99. The van der Waals surface area contributed by atoms with E-state index < -0.39 is 8.07 Å². The number of fused-ring (bicyclic) bond motifs is 6. The van der Waals surface area contributed by atoms with E-state index in [1.807, 2.05) is 0 Å². The molecule has 0 aliphatic heterocycles. The Morgan fingerprint density at radius 2 is 1.00 bits per heavy atom. The highest BCUT2D eigenvalue weighted by Gasteiger charge is 2.48. The molecule has 2 aromatic carbocycles. The first-order chi connectivity index (χ1) is 15.8. The Bertz CT molecular complexity index is 1150. The molecule has 3 heteroatoms. The number of allylic oxidation sites excluding steroid dienone is 2. The van der Waals surface area contributed by atoms with Gasteiger partial charge in [0.05, 0.1) is 8.07 Å². The lowest BCUT2D eigenvalue weighted by molar-refractivity contribution is 0.680. The molecule has 0 amide bonds. The highest BCUT2D eigenvalue weighted by atomic mass is 79.9. The number of hydrogen-bond donors (Lipinski definition) is 0. The second-order valence-electron chi connectivity index (χ2n) is 11.5. The molecule has 0 spiro atoms. The van der Waals surface area contributed by atoms with Gasteiger partial charge in [-0.25, -0.2) is 0 Å². The fourth-order valence-electron chi connectivity index (χ4n) is 7.96. The Balaban J connectivity index is 1.49. The number of rotatable bonds is 2. The van der Waals surface area contributed by atoms with Gasteiger partial charge >= 0.3 is 0 Å². The van der Waals surface area contributed by atoms with Gasteiger partial charge in [-0.1, -0.05) is 68.3 Å². The molecule has 6 rings (SSSR count). The van der Waals surface area contributed by atoms with Crippen LogP contribution in [0.5, 0.6) is 0 Å². The standard InChI is InChI=1S/C30H34Br2Si/c1-17-13-23-19-9-5-7-11-21(19)27(31)15-25(23)29(17)33(3,4)30-18(2)14-24-20-10-6-8-12-22(20)28(32)16-26(24)30/h13-16,29-30H,5-12H2,1-4H3. The van der Waals surface area contributed by atoms with Crippen LogP contribution in [-0.4, -0.2) is 8.07 Å². The van der Waals surface area contributed by atoms with Crippen molar-refractivity contribution in [3.05, 3.63) is 76.7 Å². The van der Waals surface area contributed by atoms with Crippen molar-refractivity contribution in [2.75, 3.05) is 0 Å². The monoisotopic (exact) mass is 580 g/mol. The molecule has 33 heavy (non-hydrogen) atoms. The van der Waals surface area contributed by atoms with Gasteiger partial charge in [-0.3, -0.25) is 0 Å². The Morgan fingerprint density at radius 3 is 1.39 bits per heavy atom. The molecule has 0 fully saturated rings. The molecule has 2 atom stereocenters. The molecule has 0 bridgehead atoms. The topological polar surface area (TPSA) is 0 Å². The molecule has 0 saturated carbocycles. The van der Waals surface area contributed by atoms with Crippen LogP contribution in [0.4, 0.5) is 0 Å². The van der Waals surface area contributed by atoms with Crippen LogP contribution in [0.1, 0.15) is 95.1 Å². The Hall–Kier alpha value is -0.903. The van der Waals surface area contributed by atoms with Gasteiger partial charge < -0.3 is 0 Å². The van der Waals surface area contributed by atoms with Crippen LogP contribution >= 0.6 is 31.9 Å². The fraction of sp³-hybridized carbons (Fsp3) is 0.467. The minimum Gasteiger partial charge on any atom is -0.0679 e. The molecular weight excluding hydrogens is 548 g/mol. The zero-order chi connectivity index (χ0) is 23.1. The fourth-order valence-corrected chi connectivity index (χ4v) is 14.3. The summed E-state index contributed by atoms with van der Waals surface area (Å²) in [5.41, 5.74) is 17.3. The maximum atomic E-state index is 4.00. The van der Waals surface area contributed by atoms with Gasteiger partial charge in [0.1, 0.15) is 0 Å². The van der Waals surface area contributed by atoms with Gasteiger partial charge in [-0.05, 0) is 122 Å². The van der Waals surface area contributed by atoms with Crippen molar-refractivity contribution in [2.24, 2.45) is 0 Å². The third-order valence-corrected chi connectivity index (χ3v) is 15.0. The second kappa shape index (κ2) is 8.07. The molecule has 0 radical (unpaired) electrons. The lowest BCUT2D eigenvalue weighted by atomic mass is 9.87. The van der Waals surface area contributed by atoms with E-state index in [-0.39, 0.29) is 0 Å². The van der Waals surface area contributed by atoms with E-state index in [1.54, 1.807) is 55.7 Å². The Labute approximate surface area is 217 Å².